The summed E-state index contributed by atoms with van der Waals surface area (Å²) in [6, 6.07) is 7.27. The topological polar surface area (TPSA) is 91.5 Å². The van der Waals surface area contributed by atoms with Gasteiger partial charge in [-0.3, -0.25) is 9.59 Å². The molecule has 2 saturated carbocycles. The van der Waals surface area contributed by atoms with Gasteiger partial charge in [-0.05, 0) is 56.9 Å². The van der Waals surface area contributed by atoms with E-state index in [4.69, 9.17) is 13.9 Å². The average Bonchev–Trinajstić information content (AvgIpc) is 3.18. The van der Waals surface area contributed by atoms with Crippen molar-refractivity contribution < 1.29 is 23.5 Å². The molecular formula is C21H24N2O5. The normalized spacial score (nSPS) is 25.2. The number of ether oxygens (including phenoxy) is 2. The second kappa shape index (κ2) is 7.73. The minimum atomic E-state index is -0.635. The molecule has 1 unspecified atom stereocenters. The van der Waals surface area contributed by atoms with Crippen molar-refractivity contribution in [2.75, 3.05) is 7.11 Å². The molecule has 2 aliphatic carbocycles. The lowest BCUT2D eigenvalue weighted by atomic mass is 9.67. The Hall–Kier alpha value is -2.70. The Morgan fingerprint density at radius 2 is 1.82 bits per heavy atom. The minimum absolute atomic E-state index is 0.0189. The Morgan fingerprint density at radius 3 is 2.46 bits per heavy atom. The maximum atomic E-state index is 12.6. The Morgan fingerprint density at radius 1 is 1.14 bits per heavy atom. The zero-order valence-electron chi connectivity index (χ0n) is 16.1. The van der Waals surface area contributed by atoms with E-state index in [1.807, 2.05) is 24.3 Å². The molecule has 4 rings (SSSR count). The van der Waals surface area contributed by atoms with E-state index in [0.29, 0.717) is 24.5 Å². The number of fused-ring (bicyclic) bond motifs is 2. The van der Waals surface area contributed by atoms with Gasteiger partial charge in [0.25, 0.3) is 5.89 Å². The monoisotopic (exact) mass is 384 g/mol. The van der Waals surface area contributed by atoms with Crippen LogP contribution in [0.15, 0.2) is 28.7 Å². The van der Waals surface area contributed by atoms with Crippen LogP contribution in [-0.4, -0.2) is 29.1 Å². The lowest BCUT2D eigenvalue weighted by molar-refractivity contribution is -0.159. The van der Waals surface area contributed by atoms with Crippen LogP contribution in [-0.2, 0) is 14.3 Å². The van der Waals surface area contributed by atoms with Crippen molar-refractivity contribution in [1.29, 1.82) is 0 Å². The molecule has 148 valence electrons. The molecular weight excluding hydrogens is 360 g/mol. The first-order chi connectivity index (χ1) is 13.5. The van der Waals surface area contributed by atoms with Crippen LogP contribution in [0.2, 0.25) is 0 Å². The predicted molar refractivity (Wildman–Crippen MR) is 99.4 cm³/mol. The Kier molecular flexibility index (Phi) is 5.15. The molecule has 2 aromatic rings. The summed E-state index contributed by atoms with van der Waals surface area (Å²) in [6.45, 7) is 1.72. The van der Waals surface area contributed by atoms with E-state index < -0.39 is 6.10 Å². The van der Waals surface area contributed by atoms with E-state index in [-0.39, 0.29) is 29.6 Å². The Balaban J connectivity index is 1.39. The number of hydrogen-bond acceptors (Lipinski definition) is 7. The number of rotatable bonds is 5. The summed E-state index contributed by atoms with van der Waals surface area (Å²) in [5.41, 5.74) is 0.761. The number of esters is 1. The van der Waals surface area contributed by atoms with E-state index in [9.17, 15) is 9.59 Å². The number of Topliss-reactive ketones (excluding diaryl/α,β-unsaturated/α-hetero) is 1. The number of ketones is 1. The van der Waals surface area contributed by atoms with Gasteiger partial charge in [0.05, 0.1) is 13.0 Å². The zero-order valence-corrected chi connectivity index (χ0v) is 16.1. The number of hydrogen-bond donors (Lipinski definition) is 0. The SMILES string of the molecule is COc1ccc(-c2nnc([C@H](C)OC(=O)C3C[C@H]4CCC[C@@H](C3)C4=O)o2)cc1. The van der Waals surface area contributed by atoms with Crippen molar-refractivity contribution in [3.63, 3.8) is 0 Å². The van der Waals surface area contributed by atoms with Gasteiger partial charge in [-0.15, -0.1) is 10.2 Å². The van der Waals surface area contributed by atoms with Crippen LogP contribution in [0.1, 0.15) is 51.0 Å². The maximum absolute atomic E-state index is 12.6. The van der Waals surface area contributed by atoms with Gasteiger partial charge in [0.15, 0.2) is 6.10 Å². The molecule has 4 atom stereocenters. The second-order valence-corrected chi connectivity index (χ2v) is 7.65. The molecule has 0 radical (unpaired) electrons. The van der Waals surface area contributed by atoms with E-state index in [2.05, 4.69) is 10.2 Å². The highest BCUT2D eigenvalue weighted by Gasteiger charge is 2.42. The molecule has 0 amide bonds. The molecule has 1 heterocycles. The van der Waals surface area contributed by atoms with E-state index in [0.717, 1.165) is 30.6 Å². The van der Waals surface area contributed by atoms with Crippen molar-refractivity contribution in [3.05, 3.63) is 30.2 Å². The highest BCUT2D eigenvalue weighted by atomic mass is 16.6. The predicted octanol–water partition coefficient (Wildman–Crippen LogP) is 3.74. The summed E-state index contributed by atoms with van der Waals surface area (Å²) in [4.78, 5) is 24.8. The number of benzene rings is 1. The maximum Gasteiger partial charge on any atom is 0.309 e. The third-order valence-corrected chi connectivity index (χ3v) is 5.80. The first kappa shape index (κ1) is 18.7. The van der Waals surface area contributed by atoms with Crippen LogP contribution in [0.3, 0.4) is 0 Å². The van der Waals surface area contributed by atoms with E-state index >= 15 is 0 Å². The van der Waals surface area contributed by atoms with Crippen LogP contribution in [0.4, 0.5) is 0 Å². The van der Waals surface area contributed by atoms with Crippen molar-refractivity contribution in [2.45, 2.75) is 45.1 Å². The van der Waals surface area contributed by atoms with E-state index in [1.54, 1.807) is 14.0 Å². The molecule has 7 heteroatoms. The fourth-order valence-electron chi connectivity index (χ4n) is 4.24. The average molecular weight is 384 g/mol. The van der Waals surface area contributed by atoms with Crippen LogP contribution < -0.4 is 4.74 Å². The fraction of sp³-hybridized carbons (Fsp3) is 0.524. The van der Waals surface area contributed by atoms with Gasteiger partial charge in [0, 0.05) is 17.4 Å². The molecule has 1 aromatic carbocycles. The summed E-state index contributed by atoms with van der Waals surface area (Å²) < 4.78 is 16.4. The lowest BCUT2D eigenvalue weighted by Gasteiger charge is -2.36. The highest BCUT2D eigenvalue weighted by molar-refractivity contribution is 5.87. The van der Waals surface area contributed by atoms with Gasteiger partial charge < -0.3 is 13.9 Å². The Bertz CT molecular complexity index is 844. The van der Waals surface area contributed by atoms with Crippen LogP contribution in [0.25, 0.3) is 11.5 Å². The summed E-state index contributed by atoms with van der Waals surface area (Å²) in [6.07, 6.45) is 3.43. The molecule has 0 aliphatic heterocycles. The van der Waals surface area contributed by atoms with Gasteiger partial charge in [0.2, 0.25) is 5.89 Å². The van der Waals surface area contributed by atoms with Crippen molar-refractivity contribution in [2.24, 2.45) is 17.8 Å². The third-order valence-electron chi connectivity index (χ3n) is 5.80. The smallest absolute Gasteiger partial charge is 0.309 e. The van der Waals surface area contributed by atoms with E-state index in [1.165, 1.54) is 0 Å². The summed E-state index contributed by atoms with van der Waals surface area (Å²) in [5.74, 6) is 1.23. The minimum Gasteiger partial charge on any atom is -0.497 e. The number of carbonyl (C=O) groups excluding carboxylic acids is 2. The van der Waals surface area contributed by atoms with Gasteiger partial charge in [-0.1, -0.05) is 6.42 Å². The second-order valence-electron chi connectivity index (χ2n) is 7.65. The number of carbonyl (C=O) groups is 2. The van der Waals surface area contributed by atoms with Crippen molar-refractivity contribution in [1.82, 2.24) is 10.2 Å². The first-order valence-corrected chi connectivity index (χ1v) is 9.77. The number of nitrogens with zero attached hydrogens (tertiary/aromatic N) is 2. The van der Waals surface area contributed by atoms with Crippen LogP contribution in [0, 0.1) is 17.8 Å². The summed E-state index contributed by atoms with van der Waals surface area (Å²) in [7, 11) is 1.60. The standard InChI is InChI=1S/C21H24N2O5/c1-12(19-22-23-20(28-19)13-6-8-17(26-2)9-7-13)27-21(25)16-10-14-4-3-5-15(11-16)18(14)24/h6-9,12,14-16H,3-5,10-11H2,1-2H3/t12-,14-,15+,16?/m0/s1. The third kappa shape index (κ3) is 3.66. The van der Waals surface area contributed by atoms with Gasteiger partial charge in [-0.25, -0.2) is 0 Å². The van der Waals surface area contributed by atoms with Gasteiger partial charge in [0.1, 0.15) is 11.5 Å². The largest absolute Gasteiger partial charge is 0.497 e. The molecule has 0 N–H and O–H groups in total. The number of aromatic nitrogens is 2. The molecule has 0 saturated heterocycles. The fourth-order valence-corrected chi connectivity index (χ4v) is 4.24. The number of methoxy groups -OCH3 is 1. The molecule has 2 fully saturated rings. The molecule has 7 nitrogen and oxygen atoms in total. The zero-order chi connectivity index (χ0) is 19.7. The lowest BCUT2D eigenvalue weighted by Crippen LogP contribution is -2.39. The van der Waals surface area contributed by atoms with Gasteiger partial charge in [-0.2, -0.15) is 0 Å². The van der Waals surface area contributed by atoms with Crippen molar-refractivity contribution in [3.8, 4) is 17.2 Å². The van der Waals surface area contributed by atoms with Gasteiger partial charge >= 0.3 is 5.97 Å². The summed E-state index contributed by atoms with van der Waals surface area (Å²) in [5, 5.41) is 8.07. The van der Waals surface area contributed by atoms with Crippen molar-refractivity contribution >= 4 is 11.8 Å². The molecule has 0 spiro atoms. The highest BCUT2D eigenvalue weighted by Crippen LogP contribution is 2.41. The molecule has 1 aromatic heterocycles. The molecule has 2 aliphatic rings. The molecule has 28 heavy (non-hydrogen) atoms. The Labute approximate surface area is 163 Å². The molecule has 2 bridgehead atoms. The van der Waals surface area contributed by atoms with Crippen LogP contribution >= 0.6 is 0 Å². The quantitative estimate of drug-likeness (QED) is 0.725. The first-order valence-electron chi connectivity index (χ1n) is 9.77. The van der Waals surface area contributed by atoms with Crippen LogP contribution in [0.5, 0.6) is 5.75 Å². The summed E-state index contributed by atoms with van der Waals surface area (Å²) >= 11 is 0.